The Morgan fingerprint density at radius 1 is 1.10 bits per heavy atom. The lowest BCUT2D eigenvalue weighted by Crippen LogP contribution is -2.13. The van der Waals surface area contributed by atoms with E-state index in [0.29, 0.717) is 17.9 Å². The van der Waals surface area contributed by atoms with Crippen LogP contribution >= 0.6 is 0 Å². The molecule has 2 aromatic carbocycles. The highest BCUT2D eigenvalue weighted by atomic mass is 16.5. The number of para-hydroxylation sites is 1. The molecule has 0 aliphatic heterocycles. The number of hydrogen-bond donors (Lipinski definition) is 1. The molecule has 4 rings (SSSR count). The van der Waals surface area contributed by atoms with Crippen LogP contribution in [0.15, 0.2) is 60.8 Å². The van der Waals surface area contributed by atoms with Crippen molar-refractivity contribution in [1.29, 1.82) is 0 Å². The molecular formula is C24H24N4O2. The highest BCUT2D eigenvalue weighted by molar-refractivity contribution is 6.13. The molecule has 0 saturated heterocycles. The molecule has 4 aromatic rings. The number of carbonyl (C=O) groups is 1. The molecule has 0 spiro atoms. The van der Waals surface area contributed by atoms with E-state index in [4.69, 9.17) is 9.72 Å². The summed E-state index contributed by atoms with van der Waals surface area (Å²) >= 11 is 0. The number of fused-ring (bicyclic) bond motifs is 1. The number of nitrogens with zero attached hydrogens (tertiary/aromatic N) is 3. The summed E-state index contributed by atoms with van der Waals surface area (Å²) in [5.74, 6) is 0.593. The molecule has 2 aromatic heterocycles. The Kier molecular flexibility index (Phi) is 5.48. The van der Waals surface area contributed by atoms with Gasteiger partial charge in [-0.1, -0.05) is 18.2 Å². The summed E-state index contributed by atoms with van der Waals surface area (Å²) in [5, 5.41) is 8.31. The van der Waals surface area contributed by atoms with Gasteiger partial charge in [-0.15, -0.1) is 0 Å². The highest BCUT2D eigenvalue weighted by Crippen LogP contribution is 2.27. The monoisotopic (exact) mass is 400 g/mol. The Hall–Kier alpha value is -3.67. The molecule has 0 aliphatic rings. The molecule has 0 saturated carbocycles. The Morgan fingerprint density at radius 3 is 2.57 bits per heavy atom. The zero-order chi connectivity index (χ0) is 21.1. The number of amides is 1. The van der Waals surface area contributed by atoms with Crippen LogP contribution in [0.2, 0.25) is 0 Å². The van der Waals surface area contributed by atoms with E-state index in [1.807, 2.05) is 86.2 Å². The lowest BCUT2D eigenvalue weighted by molar-refractivity contribution is 0.102. The summed E-state index contributed by atoms with van der Waals surface area (Å²) in [6.07, 6.45) is 1.97. The Morgan fingerprint density at radius 2 is 1.87 bits per heavy atom. The number of carbonyl (C=O) groups excluding carboxylic acids is 1. The number of benzene rings is 2. The van der Waals surface area contributed by atoms with Gasteiger partial charge in [0, 0.05) is 29.4 Å². The lowest BCUT2D eigenvalue weighted by atomic mass is 10.0. The normalized spacial score (nSPS) is 10.9. The first kappa shape index (κ1) is 19.6. The number of ether oxygens (including phenoxy) is 1. The van der Waals surface area contributed by atoms with Gasteiger partial charge in [0.1, 0.15) is 5.75 Å². The lowest BCUT2D eigenvalue weighted by Gasteiger charge is -2.11. The molecule has 0 atom stereocenters. The van der Waals surface area contributed by atoms with Crippen LogP contribution in [0.3, 0.4) is 0 Å². The number of anilines is 1. The van der Waals surface area contributed by atoms with E-state index in [-0.39, 0.29) is 5.91 Å². The molecule has 6 nitrogen and oxygen atoms in total. The van der Waals surface area contributed by atoms with Crippen LogP contribution in [0, 0.1) is 6.92 Å². The molecule has 30 heavy (non-hydrogen) atoms. The van der Waals surface area contributed by atoms with Gasteiger partial charge in [0.05, 0.1) is 29.1 Å². The van der Waals surface area contributed by atoms with E-state index in [9.17, 15) is 4.79 Å². The summed E-state index contributed by atoms with van der Waals surface area (Å²) < 4.78 is 7.34. The topological polar surface area (TPSA) is 69.0 Å². The van der Waals surface area contributed by atoms with Crippen LogP contribution in [0.4, 0.5) is 5.69 Å². The fraction of sp³-hybridized carbons (Fsp3) is 0.208. The van der Waals surface area contributed by atoms with E-state index in [0.717, 1.165) is 40.1 Å². The molecule has 1 N–H and O–H groups in total. The largest absolute Gasteiger partial charge is 0.494 e. The van der Waals surface area contributed by atoms with Crippen molar-refractivity contribution in [3.63, 3.8) is 0 Å². The molecule has 2 heterocycles. The zero-order valence-corrected chi connectivity index (χ0v) is 17.3. The third kappa shape index (κ3) is 3.89. The second kappa shape index (κ2) is 8.37. The second-order valence-electron chi connectivity index (χ2n) is 6.97. The second-order valence-corrected chi connectivity index (χ2v) is 6.97. The highest BCUT2D eigenvalue weighted by Gasteiger charge is 2.16. The Bertz CT molecular complexity index is 1200. The maximum atomic E-state index is 13.2. The number of aromatic nitrogens is 3. The van der Waals surface area contributed by atoms with Crippen molar-refractivity contribution < 1.29 is 9.53 Å². The molecule has 0 fully saturated rings. The minimum absolute atomic E-state index is 0.181. The quantitative estimate of drug-likeness (QED) is 0.490. The van der Waals surface area contributed by atoms with Gasteiger partial charge in [-0.2, -0.15) is 5.10 Å². The van der Waals surface area contributed by atoms with E-state index < -0.39 is 0 Å². The minimum atomic E-state index is -0.181. The first-order chi connectivity index (χ1) is 14.6. The van der Waals surface area contributed by atoms with Crippen LogP contribution in [0.25, 0.3) is 22.2 Å². The number of pyridine rings is 1. The van der Waals surface area contributed by atoms with Crippen molar-refractivity contribution in [2.45, 2.75) is 27.3 Å². The SMILES string of the molecule is CCOc1ccc(NC(=O)c2cc(-c3cn(CC)nc3C)nc3ccccc23)cc1. The van der Waals surface area contributed by atoms with Gasteiger partial charge in [-0.05, 0) is 57.2 Å². The summed E-state index contributed by atoms with van der Waals surface area (Å²) in [4.78, 5) is 18.0. The maximum Gasteiger partial charge on any atom is 0.256 e. The predicted octanol–water partition coefficient (Wildman–Crippen LogP) is 5.08. The molecule has 0 unspecified atom stereocenters. The van der Waals surface area contributed by atoms with Gasteiger partial charge in [-0.25, -0.2) is 4.98 Å². The van der Waals surface area contributed by atoms with E-state index in [1.54, 1.807) is 0 Å². The first-order valence-corrected chi connectivity index (χ1v) is 10.1. The van der Waals surface area contributed by atoms with Gasteiger partial charge >= 0.3 is 0 Å². The van der Waals surface area contributed by atoms with Crippen molar-refractivity contribution >= 4 is 22.5 Å². The van der Waals surface area contributed by atoms with E-state index >= 15 is 0 Å². The van der Waals surface area contributed by atoms with Gasteiger partial charge in [0.2, 0.25) is 0 Å². The van der Waals surface area contributed by atoms with Gasteiger partial charge in [-0.3, -0.25) is 9.48 Å². The van der Waals surface area contributed by atoms with Crippen molar-refractivity contribution in [3.8, 4) is 17.0 Å². The van der Waals surface area contributed by atoms with Gasteiger partial charge in [0.25, 0.3) is 5.91 Å². The summed E-state index contributed by atoms with van der Waals surface area (Å²) in [6, 6.07) is 16.9. The van der Waals surface area contributed by atoms with Crippen LogP contribution in [-0.2, 0) is 6.54 Å². The molecule has 0 radical (unpaired) electrons. The van der Waals surface area contributed by atoms with Crippen molar-refractivity contribution in [2.75, 3.05) is 11.9 Å². The standard InChI is InChI=1S/C24H24N4O2/c1-4-28-15-21(16(3)27-28)23-14-20(19-8-6-7-9-22(19)26-23)24(29)25-17-10-12-18(13-11-17)30-5-2/h6-15H,4-5H2,1-3H3,(H,25,29). The summed E-state index contributed by atoms with van der Waals surface area (Å²) in [7, 11) is 0. The molecular weight excluding hydrogens is 376 g/mol. The van der Waals surface area contributed by atoms with Crippen molar-refractivity contribution in [3.05, 3.63) is 72.1 Å². The summed E-state index contributed by atoms with van der Waals surface area (Å²) in [6.45, 7) is 7.32. The molecule has 152 valence electrons. The maximum absolute atomic E-state index is 13.2. The fourth-order valence-electron chi connectivity index (χ4n) is 3.43. The average molecular weight is 400 g/mol. The molecule has 0 bridgehead atoms. The molecule has 6 heteroatoms. The third-order valence-corrected chi connectivity index (χ3v) is 4.93. The first-order valence-electron chi connectivity index (χ1n) is 10.1. The van der Waals surface area contributed by atoms with Gasteiger partial charge < -0.3 is 10.1 Å². The molecule has 0 aliphatic carbocycles. The zero-order valence-electron chi connectivity index (χ0n) is 17.3. The van der Waals surface area contributed by atoms with Crippen molar-refractivity contribution in [1.82, 2.24) is 14.8 Å². The Labute approximate surface area is 175 Å². The smallest absolute Gasteiger partial charge is 0.256 e. The Balaban J connectivity index is 1.73. The number of aryl methyl sites for hydroxylation is 2. The van der Waals surface area contributed by atoms with Gasteiger partial charge in [0.15, 0.2) is 0 Å². The number of nitrogens with one attached hydrogen (secondary N) is 1. The van der Waals surface area contributed by atoms with Crippen LogP contribution in [0.5, 0.6) is 5.75 Å². The number of rotatable bonds is 6. The predicted molar refractivity (Wildman–Crippen MR) is 119 cm³/mol. The van der Waals surface area contributed by atoms with Crippen LogP contribution in [0.1, 0.15) is 29.9 Å². The summed E-state index contributed by atoms with van der Waals surface area (Å²) in [5.41, 5.74) is 4.61. The van der Waals surface area contributed by atoms with E-state index in [2.05, 4.69) is 10.4 Å². The average Bonchev–Trinajstić information content (AvgIpc) is 3.15. The molecule has 1 amide bonds. The van der Waals surface area contributed by atoms with Crippen LogP contribution in [-0.4, -0.2) is 27.3 Å². The number of hydrogen-bond acceptors (Lipinski definition) is 4. The van der Waals surface area contributed by atoms with Crippen LogP contribution < -0.4 is 10.1 Å². The third-order valence-electron chi connectivity index (χ3n) is 4.93. The minimum Gasteiger partial charge on any atom is -0.494 e. The fourth-order valence-corrected chi connectivity index (χ4v) is 3.43. The van der Waals surface area contributed by atoms with Crippen molar-refractivity contribution in [2.24, 2.45) is 0 Å². The van der Waals surface area contributed by atoms with E-state index in [1.165, 1.54) is 0 Å².